The smallest absolute Gasteiger partial charge is 0.229 e. The Bertz CT molecular complexity index is 821. The van der Waals surface area contributed by atoms with Crippen LogP contribution in [0.5, 0.6) is 0 Å². The molecular weight excluding hydrogens is 319 g/mol. The van der Waals surface area contributed by atoms with Gasteiger partial charge < -0.3 is 4.42 Å². The summed E-state index contributed by atoms with van der Waals surface area (Å²) < 4.78 is 5.52. The lowest BCUT2D eigenvalue weighted by molar-refractivity contribution is 0.101. The second kappa shape index (κ2) is 5.13. The maximum absolute atomic E-state index is 12.4. The lowest BCUT2D eigenvalue weighted by atomic mass is 10.1. The topological polar surface area (TPSA) is 30.2 Å². The van der Waals surface area contributed by atoms with Crippen molar-refractivity contribution >= 4 is 51.6 Å². The van der Waals surface area contributed by atoms with Gasteiger partial charge in [0.15, 0.2) is 5.76 Å². The van der Waals surface area contributed by atoms with E-state index in [2.05, 4.69) is 0 Å². The third-order valence-corrected chi connectivity index (χ3v) is 3.80. The number of rotatable bonds is 2. The van der Waals surface area contributed by atoms with E-state index >= 15 is 0 Å². The summed E-state index contributed by atoms with van der Waals surface area (Å²) in [6.07, 6.45) is 0. The molecule has 2 aromatic carbocycles. The van der Waals surface area contributed by atoms with E-state index in [1.165, 1.54) is 6.07 Å². The molecule has 20 heavy (non-hydrogen) atoms. The molecule has 0 saturated heterocycles. The van der Waals surface area contributed by atoms with E-state index in [1.54, 1.807) is 36.4 Å². The van der Waals surface area contributed by atoms with E-state index in [0.29, 0.717) is 31.6 Å². The molecule has 1 heterocycles. The molecule has 0 N–H and O–H groups in total. The second-order valence-electron chi connectivity index (χ2n) is 4.22. The minimum absolute atomic E-state index is 0.178. The Labute approximate surface area is 129 Å². The summed E-state index contributed by atoms with van der Waals surface area (Å²) in [5, 5.41) is 1.98. The number of fused-ring (bicyclic) bond motifs is 1. The number of hydrogen-bond acceptors (Lipinski definition) is 2. The number of carbonyl (C=O) groups is 1. The van der Waals surface area contributed by atoms with Gasteiger partial charge >= 0.3 is 0 Å². The van der Waals surface area contributed by atoms with Crippen LogP contribution in [0.15, 0.2) is 46.9 Å². The largest absolute Gasteiger partial charge is 0.453 e. The van der Waals surface area contributed by atoms with Crippen LogP contribution in [0, 0.1) is 0 Å². The first-order chi connectivity index (χ1) is 9.56. The van der Waals surface area contributed by atoms with Gasteiger partial charge in [0, 0.05) is 16.0 Å². The van der Waals surface area contributed by atoms with E-state index < -0.39 is 0 Å². The number of carbonyl (C=O) groups excluding carboxylic acids is 1. The molecule has 0 atom stereocenters. The van der Waals surface area contributed by atoms with E-state index in [4.69, 9.17) is 39.2 Å². The van der Waals surface area contributed by atoms with Crippen molar-refractivity contribution < 1.29 is 9.21 Å². The normalized spacial score (nSPS) is 10.9. The second-order valence-corrected chi connectivity index (χ2v) is 5.47. The van der Waals surface area contributed by atoms with E-state index in [1.807, 2.05) is 0 Å². The number of benzene rings is 2. The molecule has 0 amide bonds. The van der Waals surface area contributed by atoms with Crippen LogP contribution in [-0.2, 0) is 0 Å². The van der Waals surface area contributed by atoms with Gasteiger partial charge in [0.1, 0.15) is 5.58 Å². The predicted octanol–water partition coefficient (Wildman–Crippen LogP) is 5.62. The van der Waals surface area contributed by atoms with Gasteiger partial charge in [-0.05, 0) is 36.4 Å². The summed E-state index contributed by atoms with van der Waals surface area (Å²) in [4.78, 5) is 12.4. The van der Waals surface area contributed by atoms with Crippen LogP contribution >= 0.6 is 34.8 Å². The number of furan rings is 1. The summed E-state index contributed by atoms with van der Waals surface area (Å²) >= 11 is 18.0. The van der Waals surface area contributed by atoms with Crippen LogP contribution in [0.2, 0.25) is 15.1 Å². The Morgan fingerprint density at radius 1 is 0.950 bits per heavy atom. The van der Waals surface area contributed by atoms with Gasteiger partial charge in [0.2, 0.25) is 5.78 Å². The van der Waals surface area contributed by atoms with Crippen LogP contribution in [0.3, 0.4) is 0 Å². The van der Waals surface area contributed by atoms with Crippen molar-refractivity contribution in [3.63, 3.8) is 0 Å². The molecule has 2 nitrogen and oxygen atoms in total. The SMILES string of the molecule is O=C(c1cc2c(Cl)cccc2o1)c1cc(Cl)ccc1Cl. The van der Waals surface area contributed by atoms with Crippen LogP contribution in [0.4, 0.5) is 0 Å². The maximum Gasteiger partial charge on any atom is 0.229 e. The average Bonchev–Trinajstić information content (AvgIpc) is 2.86. The maximum atomic E-state index is 12.4. The predicted molar refractivity (Wildman–Crippen MR) is 81.1 cm³/mol. The van der Waals surface area contributed by atoms with Gasteiger partial charge in [-0.15, -0.1) is 0 Å². The zero-order valence-electron chi connectivity index (χ0n) is 9.99. The van der Waals surface area contributed by atoms with Gasteiger partial charge in [-0.3, -0.25) is 4.79 Å². The number of halogens is 3. The summed E-state index contributed by atoms with van der Waals surface area (Å²) in [7, 11) is 0. The van der Waals surface area contributed by atoms with Crippen LogP contribution in [0.1, 0.15) is 16.1 Å². The summed E-state index contributed by atoms with van der Waals surface area (Å²) in [6.45, 7) is 0. The molecule has 3 aromatic rings. The minimum atomic E-state index is -0.329. The van der Waals surface area contributed by atoms with Crippen LogP contribution < -0.4 is 0 Å². The fraction of sp³-hybridized carbons (Fsp3) is 0. The van der Waals surface area contributed by atoms with Crippen LogP contribution in [-0.4, -0.2) is 5.78 Å². The highest BCUT2D eigenvalue weighted by Gasteiger charge is 2.18. The Morgan fingerprint density at radius 2 is 1.75 bits per heavy atom. The molecule has 0 aliphatic rings. The quantitative estimate of drug-likeness (QED) is 0.572. The summed E-state index contributed by atoms with van der Waals surface area (Å²) in [5.74, 6) is -0.151. The molecule has 0 radical (unpaired) electrons. The monoisotopic (exact) mass is 324 g/mol. The summed E-state index contributed by atoms with van der Waals surface area (Å²) in [5.41, 5.74) is 0.855. The molecule has 0 bridgehead atoms. The Kier molecular flexibility index (Phi) is 3.47. The zero-order chi connectivity index (χ0) is 14.3. The van der Waals surface area contributed by atoms with Gasteiger partial charge in [-0.2, -0.15) is 0 Å². The molecule has 1 aromatic heterocycles. The Balaban J connectivity index is 2.13. The van der Waals surface area contributed by atoms with Crippen molar-refractivity contribution in [3.05, 3.63) is 68.9 Å². The number of ketones is 1. The van der Waals surface area contributed by atoms with Crippen LogP contribution in [0.25, 0.3) is 11.0 Å². The molecule has 0 spiro atoms. The first kappa shape index (κ1) is 13.5. The fourth-order valence-electron chi connectivity index (χ4n) is 1.94. The standard InChI is InChI=1S/C15H7Cl3O2/c16-8-4-5-12(18)10(6-8)15(19)14-7-9-11(17)2-1-3-13(9)20-14/h1-7H. The fourth-order valence-corrected chi connectivity index (χ4v) is 2.54. The van der Waals surface area contributed by atoms with Crippen molar-refractivity contribution in [1.29, 1.82) is 0 Å². The molecule has 0 fully saturated rings. The molecule has 0 aliphatic heterocycles. The molecule has 100 valence electrons. The first-order valence-electron chi connectivity index (χ1n) is 5.74. The first-order valence-corrected chi connectivity index (χ1v) is 6.87. The average molecular weight is 326 g/mol. The summed E-state index contributed by atoms with van der Waals surface area (Å²) in [6, 6.07) is 11.6. The highest BCUT2D eigenvalue weighted by atomic mass is 35.5. The van der Waals surface area contributed by atoms with Gasteiger partial charge in [0.05, 0.1) is 10.0 Å². The van der Waals surface area contributed by atoms with E-state index in [-0.39, 0.29) is 11.5 Å². The Morgan fingerprint density at radius 3 is 2.50 bits per heavy atom. The lowest BCUT2D eigenvalue weighted by Crippen LogP contribution is -2.00. The third kappa shape index (κ3) is 2.31. The number of hydrogen-bond donors (Lipinski definition) is 0. The highest BCUT2D eigenvalue weighted by molar-refractivity contribution is 6.37. The molecule has 0 aliphatic carbocycles. The van der Waals surface area contributed by atoms with Crippen molar-refractivity contribution in [2.24, 2.45) is 0 Å². The Hall–Kier alpha value is -1.48. The molecule has 5 heteroatoms. The third-order valence-electron chi connectivity index (χ3n) is 2.91. The highest BCUT2D eigenvalue weighted by Crippen LogP contribution is 2.29. The molecule has 0 saturated carbocycles. The molecule has 3 rings (SSSR count). The van der Waals surface area contributed by atoms with Gasteiger partial charge in [-0.1, -0.05) is 40.9 Å². The van der Waals surface area contributed by atoms with Crippen molar-refractivity contribution in [2.45, 2.75) is 0 Å². The van der Waals surface area contributed by atoms with Gasteiger partial charge in [0.25, 0.3) is 0 Å². The van der Waals surface area contributed by atoms with E-state index in [0.717, 1.165) is 0 Å². The van der Waals surface area contributed by atoms with Gasteiger partial charge in [-0.25, -0.2) is 0 Å². The van der Waals surface area contributed by atoms with Crippen molar-refractivity contribution in [2.75, 3.05) is 0 Å². The molecular formula is C15H7Cl3O2. The van der Waals surface area contributed by atoms with Crippen molar-refractivity contribution in [1.82, 2.24) is 0 Å². The zero-order valence-corrected chi connectivity index (χ0v) is 12.3. The lowest BCUT2D eigenvalue weighted by Gasteiger charge is -2.01. The van der Waals surface area contributed by atoms with E-state index in [9.17, 15) is 4.79 Å². The van der Waals surface area contributed by atoms with Crippen molar-refractivity contribution in [3.8, 4) is 0 Å². The minimum Gasteiger partial charge on any atom is -0.453 e. The molecule has 0 unspecified atom stereocenters.